The van der Waals surface area contributed by atoms with Crippen LogP contribution in [0.25, 0.3) is 0 Å². The number of halogens is 3. The van der Waals surface area contributed by atoms with E-state index in [-0.39, 0.29) is 17.2 Å². The van der Waals surface area contributed by atoms with E-state index in [1.54, 1.807) is 0 Å². The van der Waals surface area contributed by atoms with Crippen LogP contribution >= 0.6 is 11.6 Å². The van der Waals surface area contributed by atoms with Crippen LogP contribution in [0.3, 0.4) is 0 Å². The van der Waals surface area contributed by atoms with E-state index in [9.17, 15) is 8.78 Å². The summed E-state index contributed by atoms with van der Waals surface area (Å²) in [5.74, 6) is -1.24. The van der Waals surface area contributed by atoms with Gasteiger partial charge < -0.3 is 9.47 Å². The first-order chi connectivity index (χ1) is 8.13. The van der Waals surface area contributed by atoms with Gasteiger partial charge in [-0.3, -0.25) is 0 Å². The lowest BCUT2D eigenvalue weighted by Gasteiger charge is -2.17. The van der Waals surface area contributed by atoms with E-state index < -0.39 is 17.0 Å². The molecule has 94 valence electrons. The van der Waals surface area contributed by atoms with Gasteiger partial charge in [-0.05, 0) is 6.42 Å². The molecule has 0 N–H and O–H groups in total. The zero-order valence-electron chi connectivity index (χ0n) is 9.38. The summed E-state index contributed by atoms with van der Waals surface area (Å²) in [6.07, 6.45) is 0.721. The summed E-state index contributed by atoms with van der Waals surface area (Å²) in [7, 11) is 1.36. The molecular weight excluding hydrogens is 250 g/mol. The van der Waals surface area contributed by atoms with Crippen LogP contribution < -0.4 is 4.74 Å². The molecule has 0 bridgehead atoms. The molecule has 0 aromatic heterocycles. The van der Waals surface area contributed by atoms with Gasteiger partial charge >= 0.3 is 0 Å². The Labute approximate surface area is 103 Å². The molecule has 0 aliphatic carbocycles. The molecule has 1 heterocycles. The topological polar surface area (TPSA) is 18.5 Å². The Kier molecular flexibility index (Phi) is 3.84. The van der Waals surface area contributed by atoms with Crippen molar-refractivity contribution in [3.05, 3.63) is 29.3 Å². The van der Waals surface area contributed by atoms with Crippen molar-refractivity contribution in [2.24, 2.45) is 5.92 Å². The number of alkyl halides is 1. The predicted molar refractivity (Wildman–Crippen MR) is 60.4 cm³/mol. The first kappa shape index (κ1) is 12.6. The lowest BCUT2D eigenvalue weighted by atomic mass is 9.97. The van der Waals surface area contributed by atoms with Crippen LogP contribution in [0.5, 0.6) is 5.75 Å². The van der Waals surface area contributed by atoms with Crippen molar-refractivity contribution in [3.63, 3.8) is 0 Å². The fraction of sp³-hybridized carbons (Fsp3) is 0.500. The summed E-state index contributed by atoms with van der Waals surface area (Å²) in [4.78, 5) is 0. The average molecular weight is 263 g/mol. The van der Waals surface area contributed by atoms with E-state index in [1.165, 1.54) is 7.11 Å². The van der Waals surface area contributed by atoms with Gasteiger partial charge in [-0.15, -0.1) is 11.6 Å². The number of hydrogen-bond acceptors (Lipinski definition) is 2. The molecule has 1 aromatic carbocycles. The molecule has 1 aliphatic heterocycles. The van der Waals surface area contributed by atoms with Crippen LogP contribution in [0.1, 0.15) is 17.4 Å². The molecule has 2 atom stereocenters. The highest BCUT2D eigenvalue weighted by atomic mass is 35.5. The maximum absolute atomic E-state index is 13.8. The first-order valence-electron chi connectivity index (χ1n) is 5.38. The maximum atomic E-state index is 13.8. The van der Waals surface area contributed by atoms with Gasteiger partial charge in [0.25, 0.3) is 0 Å². The molecule has 5 heteroatoms. The molecule has 2 nitrogen and oxygen atoms in total. The predicted octanol–water partition coefficient (Wildman–Crippen LogP) is 3.29. The van der Waals surface area contributed by atoms with Crippen LogP contribution in [0, 0.1) is 17.6 Å². The van der Waals surface area contributed by atoms with Crippen molar-refractivity contribution < 1.29 is 18.3 Å². The normalized spacial score (nSPS) is 21.5. The Balaban J connectivity index is 2.30. The van der Waals surface area contributed by atoms with Crippen molar-refractivity contribution in [1.29, 1.82) is 0 Å². The first-order valence-corrected chi connectivity index (χ1v) is 5.82. The third kappa shape index (κ3) is 2.53. The quantitative estimate of drug-likeness (QED) is 0.779. The highest BCUT2D eigenvalue weighted by Gasteiger charge is 2.30. The lowest BCUT2D eigenvalue weighted by molar-refractivity contribution is 0.184. The molecule has 0 radical (unpaired) electrons. The number of methoxy groups -OCH3 is 1. The zero-order valence-corrected chi connectivity index (χ0v) is 10.1. The largest absolute Gasteiger partial charge is 0.497 e. The minimum absolute atomic E-state index is 0.0472. The van der Waals surface area contributed by atoms with Crippen LogP contribution in [0.15, 0.2) is 12.1 Å². The maximum Gasteiger partial charge on any atom is 0.134 e. The van der Waals surface area contributed by atoms with Crippen molar-refractivity contribution in [2.75, 3.05) is 20.3 Å². The molecule has 17 heavy (non-hydrogen) atoms. The Bertz CT molecular complexity index is 382. The van der Waals surface area contributed by atoms with E-state index >= 15 is 0 Å². The van der Waals surface area contributed by atoms with Crippen molar-refractivity contribution in [1.82, 2.24) is 0 Å². The molecule has 1 saturated heterocycles. The summed E-state index contributed by atoms with van der Waals surface area (Å²) < 4.78 is 37.5. The SMILES string of the molecule is COc1cc(F)c(C(Cl)C2CCOC2)c(F)c1. The number of rotatable bonds is 3. The zero-order chi connectivity index (χ0) is 12.4. The minimum atomic E-state index is -0.705. The summed E-state index contributed by atoms with van der Waals surface area (Å²) >= 11 is 6.12. The van der Waals surface area contributed by atoms with Gasteiger partial charge in [0.15, 0.2) is 0 Å². The molecule has 0 amide bonds. The van der Waals surface area contributed by atoms with Crippen LogP contribution in [0.4, 0.5) is 8.78 Å². The Morgan fingerprint density at radius 3 is 2.53 bits per heavy atom. The van der Waals surface area contributed by atoms with Gasteiger partial charge in [0, 0.05) is 30.2 Å². The summed E-state index contributed by atoms with van der Waals surface area (Å²) in [5, 5.41) is -0.705. The fourth-order valence-corrected chi connectivity index (χ4v) is 2.37. The Morgan fingerprint density at radius 2 is 2.06 bits per heavy atom. The number of ether oxygens (including phenoxy) is 2. The smallest absolute Gasteiger partial charge is 0.134 e. The summed E-state index contributed by atoms with van der Waals surface area (Å²) in [6.45, 7) is 1.03. The van der Waals surface area contributed by atoms with Crippen molar-refractivity contribution in [3.8, 4) is 5.75 Å². The summed E-state index contributed by atoms with van der Waals surface area (Å²) in [5.41, 5.74) is -0.0945. The Morgan fingerprint density at radius 1 is 1.41 bits per heavy atom. The van der Waals surface area contributed by atoms with Gasteiger partial charge in [-0.2, -0.15) is 0 Å². The monoisotopic (exact) mass is 262 g/mol. The van der Waals surface area contributed by atoms with Crippen LogP contribution in [-0.2, 0) is 4.74 Å². The average Bonchev–Trinajstić information content (AvgIpc) is 2.81. The van der Waals surface area contributed by atoms with Crippen LogP contribution in [0.2, 0.25) is 0 Å². The van der Waals surface area contributed by atoms with Gasteiger partial charge in [0.05, 0.1) is 19.1 Å². The van der Waals surface area contributed by atoms with Crippen molar-refractivity contribution in [2.45, 2.75) is 11.8 Å². The fourth-order valence-electron chi connectivity index (χ4n) is 1.96. The molecule has 2 rings (SSSR count). The third-order valence-corrected chi connectivity index (χ3v) is 3.52. The molecule has 1 fully saturated rings. The molecule has 1 aromatic rings. The van der Waals surface area contributed by atoms with E-state index in [4.69, 9.17) is 21.1 Å². The second-order valence-corrected chi connectivity index (χ2v) is 4.50. The highest BCUT2D eigenvalue weighted by Crippen LogP contribution is 2.38. The third-order valence-electron chi connectivity index (χ3n) is 2.94. The Hall–Kier alpha value is -0.870. The molecule has 0 spiro atoms. The van der Waals surface area contributed by atoms with E-state index in [0.29, 0.717) is 13.2 Å². The van der Waals surface area contributed by atoms with Gasteiger partial charge in [0.1, 0.15) is 17.4 Å². The van der Waals surface area contributed by atoms with Gasteiger partial charge in [0.2, 0.25) is 0 Å². The molecular formula is C12H13ClF2O2. The number of hydrogen-bond donors (Lipinski definition) is 0. The number of benzene rings is 1. The summed E-state index contributed by atoms with van der Waals surface area (Å²) in [6, 6.07) is 2.28. The standard InChI is InChI=1S/C12H13ClF2O2/c1-16-8-4-9(14)11(10(15)5-8)12(13)7-2-3-17-6-7/h4-5,7,12H,2-3,6H2,1H3. The van der Waals surface area contributed by atoms with Crippen molar-refractivity contribution >= 4 is 11.6 Å². The molecule has 2 unspecified atom stereocenters. The highest BCUT2D eigenvalue weighted by molar-refractivity contribution is 6.21. The van der Waals surface area contributed by atoms with E-state index in [2.05, 4.69) is 0 Å². The molecule has 1 aliphatic rings. The second kappa shape index (κ2) is 5.19. The lowest BCUT2D eigenvalue weighted by Crippen LogP contribution is -2.11. The van der Waals surface area contributed by atoms with E-state index in [1.807, 2.05) is 0 Å². The van der Waals surface area contributed by atoms with E-state index in [0.717, 1.165) is 18.6 Å². The van der Waals surface area contributed by atoms with Crippen LogP contribution in [-0.4, -0.2) is 20.3 Å². The molecule has 0 saturated carbocycles. The second-order valence-electron chi connectivity index (χ2n) is 4.03. The minimum Gasteiger partial charge on any atom is -0.497 e. The van der Waals surface area contributed by atoms with Gasteiger partial charge in [-0.1, -0.05) is 0 Å². The van der Waals surface area contributed by atoms with Gasteiger partial charge in [-0.25, -0.2) is 8.78 Å².